The second-order valence-electron chi connectivity index (χ2n) is 8.75. The summed E-state index contributed by atoms with van der Waals surface area (Å²) in [7, 11) is 3.48. The minimum absolute atomic E-state index is 0.396. The summed E-state index contributed by atoms with van der Waals surface area (Å²) in [5.74, 6) is 1.17. The van der Waals surface area contributed by atoms with Gasteiger partial charge in [-0.2, -0.15) is 0 Å². The molecule has 0 amide bonds. The van der Waals surface area contributed by atoms with Crippen LogP contribution in [0.4, 0.5) is 0 Å². The van der Waals surface area contributed by atoms with Crippen molar-refractivity contribution in [2.24, 2.45) is 17.8 Å². The van der Waals surface area contributed by atoms with Crippen LogP contribution in [0.2, 0.25) is 0 Å². The number of carboxylic acids is 2. The van der Waals surface area contributed by atoms with Gasteiger partial charge < -0.3 is 25.0 Å². The summed E-state index contributed by atoms with van der Waals surface area (Å²) in [6, 6.07) is 4.22. The maximum absolute atomic E-state index is 9.10. The highest BCUT2D eigenvalue weighted by Gasteiger charge is 2.50. The van der Waals surface area contributed by atoms with E-state index in [9.17, 15) is 0 Å². The second kappa shape index (κ2) is 8.61. The number of rotatable bonds is 5. The van der Waals surface area contributed by atoms with Crippen molar-refractivity contribution in [3.8, 4) is 11.5 Å². The summed E-state index contributed by atoms with van der Waals surface area (Å²) in [4.78, 5) is 18.2. The Morgan fingerprint density at radius 3 is 1.93 bits per heavy atom. The first-order valence-corrected chi connectivity index (χ1v) is 10.2. The quantitative estimate of drug-likeness (QED) is 0.646. The summed E-state index contributed by atoms with van der Waals surface area (Å²) >= 11 is 0. The Hall–Kier alpha value is -2.28. The average Bonchev–Trinajstić information content (AvgIpc) is 2.66. The van der Waals surface area contributed by atoms with Crippen molar-refractivity contribution < 1.29 is 29.3 Å². The molecule has 29 heavy (non-hydrogen) atoms. The molecule has 4 fully saturated rings. The molecule has 5 rings (SSSR count). The Labute approximate surface area is 171 Å². The van der Waals surface area contributed by atoms with E-state index in [2.05, 4.69) is 24.4 Å². The molecule has 0 aliphatic heterocycles. The zero-order valence-corrected chi connectivity index (χ0v) is 17.4. The molecule has 0 heterocycles. The minimum Gasteiger partial charge on any atom is -0.496 e. The van der Waals surface area contributed by atoms with Crippen LogP contribution < -0.4 is 14.8 Å². The number of carboxylic acid groups (broad SMARTS) is 2. The first-order chi connectivity index (χ1) is 13.8. The van der Waals surface area contributed by atoms with Gasteiger partial charge in [0.2, 0.25) is 0 Å². The summed E-state index contributed by atoms with van der Waals surface area (Å²) < 4.78 is 11.1. The highest BCUT2D eigenvalue weighted by molar-refractivity contribution is 6.27. The third-order valence-electron chi connectivity index (χ3n) is 6.74. The zero-order chi connectivity index (χ0) is 21.2. The van der Waals surface area contributed by atoms with Gasteiger partial charge in [0.05, 0.1) is 14.2 Å². The van der Waals surface area contributed by atoms with E-state index in [1.54, 1.807) is 14.2 Å². The van der Waals surface area contributed by atoms with E-state index in [-0.39, 0.29) is 0 Å². The molecule has 4 saturated carbocycles. The van der Waals surface area contributed by atoms with Gasteiger partial charge >= 0.3 is 11.9 Å². The molecule has 0 aromatic heterocycles. The van der Waals surface area contributed by atoms with Crippen molar-refractivity contribution >= 4 is 11.9 Å². The van der Waals surface area contributed by atoms with Crippen LogP contribution in [0.25, 0.3) is 0 Å². The van der Waals surface area contributed by atoms with Crippen LogP contribution in [0.3, 0.4) is 0 Å². The molecule has 7 nitrogen and oxygen atoms in total. The van der Waals surface area contributed by atoms with E-state index in [0.29, 0.717) is 5.54 Å². The van der Waals surface area contributed by atoms with Gasteiger partial charge in [0.15, 0.2) is 0 Å². The Bertz CT molecular complexity index is 728. The van der Waals surface area contributed by atoms with Crippen molar-refractivity contribution in [1.82, 2.24) is 5.32 Å². The van der Waals surface area contributed by atoms with E-state index in [4.69, 9.17) is 29.3 Å². The number of methoxy groups -OCH3 is 2. The fraction of sp³-hybridized carbons (Fsp3) is 0.636. The molecule has 4 bridgehead atoms. The van der Waals surface area contributed by atoms with Crippen molar-refractivity contribution in [3.63, 3.8) is 0 Å². The highest BCUT2D eigenvalue weighted by Crippen LogP contribution is 2.55. The van der Waals surface area contributed by atoms with Crippen molar-refractivity contribution in [2.75, 3.05) is 14.2 Å². The van der Waals surface area contributed by atoms with Crippen LogP contribution in [-0.4, -0.2) is 41.9 Å². The van der Waals surface area contributed by atoms with Crippen LogP contribution >= 0.6 is 0 Å². The van der Waals surface area contributed by atoms with E-state index >= 15 is 0 Å². The summed E-state index contributed by atoms with van der Waals surface area (Å²) in [5, 5.41) is 18.7. The lowest BCUT2D eigenvalue weighted by Crippen LogP contribution is -2.58. The molecule has 7 heteroatoms. The predicted octanol–water partition coefficient (Wildman–Crippen LogP) is 3.23. The Kier molecular flexibility index (Phi) is 6.36. The van der Waals surface area contributed by atoms with Crippen LogP contribution in [0.1, 0.15) is 49.7 Å². The molecule has 4 aliphatic carbocycles. The minimum atomic E-state index is -1.82. The highest BCUT2D eigenvalue weighted by atomic mass is 16.5. The zero-order valence-electron chi connectivity index (χ0n) is 17.4. The van der Waals surface area contributed by atoms with Gasteiger partial charge in [0, 0.05) is 23.2 Å². The normalized spacial score (nSPS) is 29.0. The average molecular weight is 405 g/mol. The van der Waals surface area contributed by atoms with E-state index in [0.717, 1.165) is 41.4 Å². The molecule has 1 aromatic carbocycles. The third kappa shape index (κ3) is 4.66. The summed E-state index contributed by atoms with van der Waals surface area (Å²) in [6.07, 6.45) is 8.63. The molecule has 160 valence electrons. The lowest BCUT2D eigenvalue weighted by atomic mass is 9.53. The van der Waals surface area contributed by atoms with Gasteiger partial charge in [-0.25, -0.2) is 9.59 Å². The van der Waals surface area contributed by atoms with Gasteiger partial charge in [-0.3, -0.25) is 0 Å². The van der Waals surface area contributed by atoms with Gasteiger partial charge in [-0.1, -0.05) is 6.07 Å². The van der Waals surface area contributed by atoms with Crippen molar-refractivity contribution in [1.29, 1.82) is 0 Å². The molecule has 3 N–H and O–H groups in total. The molecule has 1 aromatic rings. The fourth-order valence-electron chi connectivity index (χ4n) is 5.98. The second-order valence-corrected chi connectivity index (χ2v) is 8.75. The largest absolute Gasteiger partial charge is 0.496 e. The molecule has 4 aliphatic rings. The Morgan fingerprint density at radius 2 is 1.52 bits per heavy atom. The topological polar surface area (TPSA) is 105 Å². The molecule has 0 unspecified atom stereocenters. The molecule has 0 atom stereocenters. The summed E-state index contributed by atoms with van der Waals surface area (Å²) in [6.45, 7) is 2.98. The Morgan fingerprint density at radius 1 is 1.00 bits per heavy atom. The van der Waals surface area contributed by atoms with E-state index in [1.165, 1.54) is 44.1 Å². The third-order valence-corrected chi connectivity index (χ3v) is 6.74. The number of carbonyl (C=O) groups is 2. The van der Waals surface area contributed by atoms with Crippen LogP contribution in [0.5, 0.6) is 11.5 Å². The smallest absolute Gasteiger partial charge is 0.414 e. The van der Waals surface area contributed by atoms with Gasteiger partial charge in [0.25, 0.3) is 0 Å². The van der Waals surface area contributed by atoms with Gasteiger partial charge in [-0.15, -0.1) is 0 Å². The maximum atomic E-state index is 9.10. The molecule has 0 spiro atoms. The maximum Gasteiger partial charge on any atom is 0.414 e. The number of nitrogens with one attached hydrogen (secondary N) is 1. The van der Waals surface area contributed by atoms with Crippen molar-refractivity contribution in [3.05, 3.63) is 23.3 Å². The number of benzene rings is 1. The van der Waals surface area contributed by atoms with Crippen LogP contribution in [-0.2, 0) is 16.1 Å². The molecule has 0 saturated heterocycles. The van der Waals surface area contributed by atoms with Crippen LogP contribution in [0, 0.1) is 24.7 Å². The molecule has 0 radical (unpaired) electrons. The monoisotopic (exact) mass is 405 g/mol. The number of hydrogen-bond acceptors (Lipinski definition) is 5. The lowest BCUT2D eigenvalue weighted by molar-refractivity contribution is -0.159. The van der Waals surface area contributed by atoms with Crippen molar-refractivity contribution in [2.45, 2.75) is 57.5 Å². The predicted molar refractivity (Wildman–Crippen MR) is 107 cm³/mol. The van der Waals surface area contributed by atoms with Gasteiger partial charge in [-0.05, 0) is 69.3 Å². The molecular weight excluding hydrogens is 374 g/mol. The number of ether oxygens (including phenoxy) is 2. The van der Waals surface area contributed by atoms with E-state index < -0.39 is 11.9 Å². The molecular formula is C22H31NO6. The first-order valence-electron chi connectivity index (χ1n) is 10.2. The Balaban J connectivity index is 0.000000353. The number of aliphatic carboxylic acids is 2. The SMILES string of the molecule is COc1ccc(CNC23CC4CC(CC(C4)C2)C3)c(OC)c1C.O=C(O)C(=O)O. The van der Waals surface area contributed by atoms with E-state index in [1.807, 2.05) is 0 Å². The van der Waals surface area contributed by atoms with Crippen LogP contribution in [0.15, 0.2) is 12.1 Å². The fourth-order valence-corrected chi connectivity index (χ4v) is 5.98. The first kappa shape index (κ1) is 21.4. The standard InChI is InChI=1S/C20H29NO2.C2H2O4/c1-13-18(22-2)5-4-17(19(13)23-3)12-21-20-9-14-6-15(10-20)8-16(7-14)11-20;3-1(4)2(5)6/h4-5,14-16,21H,6-12H2,1-3H3;(H,3,4)(H,5,6). The summed E-state index contributed by atoms with van der Waals surface area (Å²) in [5.41, 5.74) is 2.74. The number of hydrogen-bond donors (Lipinski definition) is 3. The van der Waals surface area contributed by atoms with Gasteiger partial charge in [0.1, 0.15) is 11.5 Å². The lowest BCUT2D eigenvalue weighted by Gasteiger charge is -2.57.